The van der Waals surface area contributed by atoms with E-state index in [0.717, 1.165) is 24.6 Å². The SMILES string of the molecule is N#Cc1cccc(Nc2cc(NC3CNC3)ncn2)c1. The largest absolute Gasteiger partial charge is 0.365 e. The summed E-state index contributed by atoms with van der Waals surface area (Å²) >= 11 is 0. The van der Waals surface area contributed by atoms with E-state index in [1.165, 1.54) is 6.33 Å². The van der Waals surface area contributed by atoms with Crippen molar-refractivity contribution in [2.24, 2.45) is 0 Å². The number of benzene rings is 1. The Labute approximate surface area is 116 Å². The topological polar surface area (TPSA) is 85.7 Å². The summed E-state index contributed by atoms with van der Waals surface area (Å²) in [5.41, 5.74) is 1.45. The van der Waals surface area contributed by atoms with Crippen molar-refractivity contribution in [1.82, 2.24) is 15.3 Å². The number of hydrogen-bond donors (Lipinski definition) is 3. The summed E-state index contributed by atoms with van der Waals surface area (Å²) in [5, 5.41) is 18.6. The maximum absolute atomic E-state index is 8.89. The van der Waals surface area contributed by atoms with Crippen LogP contribution in [-0.2, 0) is 0 Å². The third-order valence-corrected chi connectivity index (χ3v) is 3.06. The molecule has 3 N–H and O–H groups in total. The molecule has 20 heavy (non-hydrogen) atoms. The van der Waals surface area contributed by atoms with E-state index < -0.39 is 0 Å². The summed E-state index contributed by atoms with van der Waals surface area (Å²) in [5.74, 6) is 1.50. The van der Waals surface area contributed by atoms with Gasteiger partial charge in [0.2, 0.25) is 0 Å². The van der Waals surface area contributed by atoms with E-state index in [1.54, 1.807) is 12.1 Å². The normalized spacial score (nSPS) is 14.2. The molecule has 0 atom stereocenters. The Hall–Kier alpha value is -2.65. The predicted molar refractivity (Wildman–Crippen MR) is 76.8 cm³/mol. The van der Waals surface area contributed by atoms with Crippen molar-refractivity contribution in [1.29, 1.82) is 5.26 Å². The van der Waals surface area contributed by atoms with Crippen LogP contribution in [0.3, 0.4) is 0 Å². The Bertz CT molecular complexity index is 644. The molecule has 0 bridgehead atoms. The van der Waals surface area contributed by atoms with E-state index in [2.05, 4.69) is 32.0 Å². The zero-order valence-corrected chi connectivity index (χ0v) is 10.8. The Morgan fingerprint density at radius 3 is 2.80 bits per heavy atom. The number of hydrogen-bond acceptors (Lipinski definition) is 6. The predicted octanol–water partition coefficient (Wildman–Crippen LogP) is 1.48. The second-order valence-corrected chi connectivity index (χ2v) is 4.61. The number of nitrogens with one attached hydrogen (secondary N) is 3. The Morgan fingerprint density at radius 1 is 1.20 bits per heavy atom. The summed E-state index contributed by atoms with van der Waals surface area (Å²) in [7, 11) is 0. The highest BCUT2D eigenvalue weighted by molar-refractivity contribution is 5.60. The zero-order valence-electron chi connectivity index (χ0n) is 10.8. The van der Waals surface area contributed by atoms with E-state index in [1.807, 2.05) is 18.2 Å². The molecular formula is C14H14N6. The first-order valence-corrected chi connectivity index (χ1v) is 6.40. The summed E-state index contributed by atoms with van der Waals surface area (Å²) in [6, 6.07) is 11.7. The molecule has 0 radical (unpaired) electrons. The number of aromatic nitrogens is 2. The average Bonchev–Trinajstić information content (AvgIpc) is 2.44. The summed E-state index contributed by atoms with van der Waals surface area (Å²) < 4.78 is 0. The van der Waals surface area contributed by atoms with E-state index in [4.69, 9.17) is 5.26 Å². The second kappa shape index (κ2) is 5.55. The van der Waals surface area contributed by atoms with Gasteiger partial charge >= 0.3 is 0 Å². The molecule has 1 aromatic heterocycles. The molecule has 2 aromatic rings. The minimum Gasteiger partial charge on any atom is -0.365 e. The lowest BCUT2D eigenvalue weighted by molar-refractivity contribution is 0.471. The van der Waals surface area contributed by atoms with Gasteiger partial charge in [0.25, 0.3) is 0 Å². The fraction of sp³-hybridized carbons (Fsp3) is 0.214. The van der Waals surface area contributed by atoms with Crippen LogP contribution in [0.15, 0.2) is 36.7 Å². The van der Waals surface area contributed by atoms with Crippen molar-refractivity contribution in [2.75, 3.05) is 23.7 Å². The Balaban J connectivity index is 1.73. The van der Waals surface area contributed by atoms with Gasteiger partial charge in [0.15, 0.2) is 0 Å². The first-order valence-electron chi connectivity index (χ1n) is 6.40. The quantitative estimate of drug-likeness (QED) is 0.777. The first kappa shape index (κ1) is 12.4. The highest BCUT2D eigenvalue weighted by Gasteiger charge is 2.16. The fourth-order valence-electron chi connectivity index (χ4n) is 1.92. The van der Waals surface area contributed by atoms with Gasteiger partial charge in [-0.2, -0.15) is 5.26 Å². The minimum atomic E-state index is 0.430. The van der Waals surface area contributed by atoms with Gasteiger partial charge in [-0.1, -0.05) is 6.07 Å². The van der Waals surface area contributed by atoms with Gasteiger partial charge in [-0.25, -0.2) is 9.97 Å². The molecule has 6 heteroatoms. The van der Waals surface area contributed by atoms with Crippen LogP contribution in [-0.4, -0.2) is 29.1 Å². The molecule has 0 amide bonds. The summed E-state index contributed by atoms with van der Waals surface area (Å²) in [6.07, 6.45) is 1.52. The van der Waals surface area contributed by atoms with Crippen LogP contribution in [0.25, 0.3) is 0 Å². The van der Waals surface area contributed by atoms with Crippen molar-refractivity contribution < 1.29 is 0 Å². The number of anilines is 3. The molecule has 1 fully saturated rings. The molecule has 0 unspecified atom stereocenters. The molecule has 0 saturated carbocycles. The maximum Gasteiger partial charge on any atom is 0.135 e. The molecule has 1 saturated heterocycles. The van der Waals surface area contributed by atoms with E-state index >= 15 is 0 Å². The van der Waals surface area contributed by atoms with Crippen LogP contribution >= 0.6 is 0 Å². The molecule has 1 aliphatic rings. The first-order chi connectivity index (χ1) is 9.83. The van der Waals surface area contributed by atoms with Crippen molar-refractivity contribution >= 4 is 17.3 Å². The fourth-order valence-corrected chi connectivity index (χ4v) is 1.92. The van der Waals surface area contributed by atoms with Crippen LogP contribution < -0.4 is 16.0 Å². The molecule has 6 nitrogen and oxygen atoms in total. The monoisotopic (exact) mass is 266 g/mol. The number of rotatable bonds is 4. The van der Waals surface area contributed by atoms with Crippen LogP contribution in [0.1, 0.15) is 5.56 Å². The molecule has 3 rings (SSSR count). The van der Waals surface area contributed by atoms with Crippen LogP contribution in [0.5, 0.6) is 0 Å². The van der Waals surface area contributed by atoms with Crippen molar-refractivity contribution in [3.8, 4) is 6.07 Å². The van der Waals surface area contributed by atoms with Crippen LogP contribution in [0.4, 0.5) is 17.3 Å². The highest BCUT2D eigenvalue weighted by Crippen LogP contribution is 2.17. The lowest BCUT2D eigenvalue weighted by Gasteiger charge is -2.28. The number of nitrogens with zero attached hydrogens (tertiary/aromatic N) is 3. The van der Waals surface area contributed by atoms with Gasteiger partial charge < -0.3 is 16.0 Å². The molecule has 0 aliphatic carbocycles. The molecule has 2 heterocycles. The van der Waals surface area contributed by atoms with E-state index in [-0.39, 0.29) is 0 Å². The maximum atomic E-state index is 8.89. The van der Waals surface area contributed by atoms with Crippen molar-refractivity contribution in [3.05, 3.63) is 42.2 Å². The lowest BCUT2D eigenvalue weighted by atomic mass is 10.2. The zero-order chi connectivity index (χ0) is 13.8. The third kappa shape index (κ3) is 2.84. The third-order valence-electron chi connectivity index (χ3n) is 3.06. The summed E-state index contributed by atoms with van der Waals surface area (Å²) in [4.78, 5) is 8.37. The number of nitriles is 1. The molecule has 0 spiro atoms. The van der Waals surface area contributed by atoms with Crippen molar-refractivity contribution in [3.63, 3.8) is 0 Å². The van der Waals surface area contributed by atoms with Gasteiger partial charge in [-0.05, 0) is 18.2 Å². The van der Waals surface area contributed by atoms with Gasteiger partial charge in [-0.3, -0.25) is 0 Å². The Kier molecular flexibility index (Phi) is 3.44. The molecule has 1 aromatic carbocycles. The Morgan fingerprint density at radius 2 is 2.05 bits per heavy atom. The average molecular weight is 266 g/mol. The van der Waals surface area contributed by atoms with Crippen LogP contribution in [0.2, 0.25) is 0 Å². The van der Waals surface area contributed by atoms with Gasteiger partial charge in [-0.15, -0.1) is 0 Å². The second-order valence-electron chi connectivity index (χ2n) is 4.61. The van der Waals surface area contributed by atoms with Crippen LogP contribution in [0, 0.1) is 11.3 Å². The highest BCUT2D eigenvalue weighted by atomic mass is 15.1. The van der Waals surface area contributed by atoms with E-state index in [9.17, 15) is 0 Å². The van der Waals surface area contributed by atoms with E-state index in [0.29, 0.717) is 17.4 Å². The molecular weight excluding hydrogens is 252 g/mol. The lowest BCUT2D eigenvalue weighted by Crippen LogP contribution is -2.51. The van der Waals surface area contributed by atoms with Gasteiger partial charge in [0, 0.05) is 24.8 Å². The van der Waals surface area contributed by atoms with Crippen molar-refractivity contribution in [2.45, 2.75) is 6.04 Å². The standard InChI is InChI=1S/C14H14N6/c15-6-10-2-1-3-11(4-10)19-13-5-14(18-9-17-13)20-12-7-16-8-12/h1-5,9,12,16H,7-8H2,(H2,17,18,19,20). The smallest absolute Gasteiger partial charge is 0.135 e. The molecule has 1 aliphatic heterocycles. The minimum absolute atomic E-state index is 0.430. The van der Waals surface area contributed by atoms with Gasteiger partial charge in [0.05, 0.1) is 17.7 Å². The molecule has 100 valence electrons. The summed E-state index contributed by atoms with van der Waals surface area (Å²) in [6.45, 7) is 1.91. The van der Waals surface area contributed by atoms with Gasteiger partial charge in [0.1, 0.15) is 18.0 Å².